The largest absolute Gasteiger partial charge is 0.408 e. The van der Waals surface area contributed by atoms with Gasteiger partial charge in [0.25, 0.3) is 0 Å². The molecule has 0 aromatic rings. The maximum absolute atomic E-state index is 6.51. The lowest BCUT2D eigenvalue weighted by Gasteiger charge is -2.58. The van der Waals surface area contributed by atoms with Gasteiger partial charge in [-0.2, -0.15) is 0 Å². The van der Waals surface area contributed by atoms with Gasteiger partial charge < -0.3 is 4.43 Å². The van der Waals surface area contributed by atoms with Gasteiger partial charge in [-0.3, -0.25) is 0 Å². The average molecular weight is 271 g/mol. The van der Waals surface area contributed by atoms with E-state index in [9.17, 15) is 0 Å². The van der Waals surface area contributed by atoms with Crippen molar-refractivity contribution >= 4 is 22.5 Å². The third kappa shape index (κ3) is 1.85. The molecule has 0 unspecified atom stereocenters. The van der Waals surface area contributed by atoms with E-state index in [4.69, 9.17) is 4.43 Å². The van der Waals surface area contributed by atoms with Crippen LogP contribution in [0.5, 0.6) is 0 Å². The zero-order valence-electron chi connectivity index (χ0n) is 11.7. The molecule has 0 atom stereocenters. The number of hydrogen-bond acceptors (Lipinski definition) is 1. The number of rotatable bonds is 2. The minimum Gasteiger partial charge on any atom is -0.408 e. The first-order valence-corrected chi connectivity index (χ1v) is 17.1. The van der Waals surface area contributed by atoms with Gasteiger partial charge in [0.05, 0.1) is 12.7 Å². The minimum atomic E-state index is -1.57. The van der Waals surface area contributed by atoms with Crippen molar-refractivity contribution in [2.24, 2.45) is 0 Å². The fraction of sp³-hybridized carbons (Fsp3) is 0.667. The Labute approximate surface area is 103 Å². The molecule has 1 heterocycles. The van der Waals surface area contributed by atoms with Crippen LogP contribution in [0.3, 0.4) is 0 Å². The summed E-state index contributed by atoms with van der Waals surface area (Å²) in [5, 5.41) is 0. The molecule has 0 radical (unpaired) electrons. The number of hydrogen-bond donors (Lipinski definition) is 0. The van der Waals surface area contributed by atoms with Crippen LogP contribution in [-0.2, 0) is 4.43 Å². The molecule has 92 valence electrons. The summed E-state index contributed by atoms with van der Waals surface area (Å²) in [5.41, 5.74) is -0.228. The van der Waals surface area contributed by atoms with Gasteiger partial charge >= 0.3 is 0 Å². The molecule has 1 aliphatic heterocycles. The van der Waals surface area contributed by atoms with Crippen LogP contribution in [0.2, 0.25) is 45.3 Å². The first kappa shape index (κ1) is 14.2. The van der Waals surface area contributed by atoms with Crippen LogP contribution in [0, 0.1) is 0 Å². The first-order valence-electron chi connectivity index (χ1n) is 6.01. The maximum Gasteiger partial charge on any atom is 0.172 e. The molecule has 0 aromatic heterocycles. The molecule has 0 amide bonds. The van der Waals surface area contributed by atoms with Crippen LogP contribution in [0.1, 0.15) is 0 Å². The van der Waals surface area contributed by atoms with Crippen molar-refractivity contribution in [1.82, 2.24) is 0 Å². The Balaban J connectivity index is 3.27. The summed E-state index contributed by atoms with van der Waals surface area (Å²) in [6.45, 7) is 22.9. The lowest BCUT2D eigenvalue weighted by molar-refractivity contribution is 0.185. The SMILES string of the molecule is C=CC1(C=C)C[Si](C)(C)[Si](C)(C)[Si](C)(C)O1. The van der Waals surface area contributed by atoms with Crippen molar-refractivity contribution in [1.29, 1.82) is 0 Å². The van der Waals surface area contributed by atoms with E-state index in [1.54, 1.807) is 0 Å². The molecule has 1 saturated heterocycles. The molecule has 0 saturated carbocycles. The monoisotopic (exact) mass is 270 g/mol. The molecule has 16 heavy (non-hydrogen) atoms. The summed E-state index contributed by atoms with van der Waals surface area (Å²) < 4.78 is 6.51. The van der Waals surface area contributed by atoms with Gasteiger partial charge in [-0.05, 0) is 19.1 Å². The van der Waals surface area contributed by atoms with E-state index in [0.29, 0.717) is 0 Å². The standard InChI is InChI=1S/C12H26OSi3/c1-9-12(10-2)11-14(3,4)16(7,8)15(5,6)13-12/h9-10H,1-2,11H2,3-8H3. The second kappa shape index (κ2) is 3.80. The highest BCUT2D eigenvalue weighted by atomic mass is 29.6. The lowest BCUT2D eigenvalue weighted by atomic mass is 10.1. The van der Waals surface area contributed by atoms with Gasteiger partial charge in [-0.25, -0.2) is 0 Å². The van der Waals surface area contributed by atoms with Crippen LogP contribution in [-0.4, -0.2) is 28.1 Å². The van der Waals surface area contributed by atoms with Gasteiger partial charge in [-0.15, -0.1) is 0 Å². The quantitative estimate of drug-likeness (QED) is 0.546. The highest BCUT2D eigenvalue weighted by Gasteiger charge is 2.61. The predicted octanol–water partition coefficient (Wildman–Crippen LogP) is 3.91. The Hall–Kier alpha value is 0.0906. The van der Waals surface area contributed by atoms with Gasteiger partial charge in [0.15, 0.2) is 7.83 Å². The molecule has 1 aliphatic rings. The van der Waals surface area contributed by atoms with Gasteiger partial charge in [-0.1, -0.05) is 51.5 Å². The molecular weight excluding hydrogens is 244 g/mol. The normalized spacial score (nSPS) is 29.4. The molecule has 0 spiro atoms. The second-order valence-electron chi connectivity index (χ2n) is 6.66. The first-order chi connectivity index (χ1) is 7.04. The molecule has 1 fully saturated rings. The van der Waals surface area contributed by atoms with Gasteiger partial charge in [0.2, 0.25) is 0 Å². The Bertz CT molecular complexity index is 288. The van der Waals surface area contributed by atoms with Crippen molar-refractivity contribution in [3.05, 3.63) is 25.3 Å². The maximum atomic E-state index is 6.51. The summed E-state index contributed by atoms with van der Waals surface area (Å²) in [6.07, 6.45) is 3.96. The Morgan fingerprint density at radius 2 is 1.44 bits per heavy atom. The van der Waals surface area contributed by atoms with E-state index < -0.39 is 22.5 Å². The third-order valence-corrected chi connectivity index (χ3v) is 45.3. The summed E-state index contributed by atoms with van der Waals surface area (Å²) >= 11 is 0. The van der Waals surface area contributed by atoms with E-state index in [-0.39, 0.29) is 5.60 Å². The fourth-order valence-electron chi connectivity index (χ4n) is 2.68. The topological polar surface area (TPSA) is 9.23 Å². The van der Waals surface area contributed by atoms with Crippen molar-refractivity contribution < 1.29 is 4.43 Å². The predicted molar refractivity (Wildman–Crippen MR) is 81.5 cm³/mol. The molecule has 0 N–H and O–H groups in total. The lowest BCUT2D eigenvalue weighted by Crippen LogP contribution is -2.77. The molecular formula is C12H26OSi3. The summed E-state index contributed by atoms with van der Waals surface area (Å²) in [6, 6.07) is 1.17. The van der Waals surface area contributed by atoms with E-state index >= 15 is 0 Å². The van der Waals surface area contributed by atoms with Gasteiger partial charge in [0.1, 0.15) is 0 Å². The second-order valence-corrected chi connectivity index (χ2v) is 33.9. The van der Waals surface area contributed by atoms with E-state index in [1.807, 2.05) is 12.2 Å². The van der Waals surface area contributed by atoms with Crippen LogP contribution in [0.15, 0.2) is 25.3 Å². The molecule has 1 rings (SSSR count). The fourth-order valence-corrected chi connectivity index (χ4v) is 32.4. The summed E-state index contributed by atoms with van der Waals surface area (Å²) in [7, 11) is -3.98. The minimum absolute atomic E-state index is 0.228. The zero-order chi connectivity index (χ0) is 12.8. The Morgan fingerprint density at radius 3 is 1.75 bits per heavy atom. The highest BCUT2D eigenvalue weighted by Crippen LogP contribution is 2.44. The van der Waals surface area contributed by atoms with E-state index in [1.165, 1.54) is 6.04 Å². The van der Waals surface area contributed by atoms with Crippen LogP contribution in [0.4, 0.5) is 0 Å². The third-order valence-electron chi connectivity index (χ3n) is 5.05. The molecule has 0 bridgehead atoms. The van der Waals surface area contributed by atoms with E-state index in [0.717, 1.165) is 0 Å². The average Bonchev–Trinajstić information content (AvgIpc) is 2.13. The summed E-state index contributed by atoms with van der Waals surface area (Å²) in [5.74, 6) is 0. The highest BCUT2D eigenvalue weighted by molar-refractivity contribution is 7.67. The van der Waals surface area contributed by atoms with Gasteiger partial charge in [0, 0.05) is 7.59 Å². The Kier molecular flexibility index (Phi) is 3.36. The van der Waals surface area contributed by atoms with E-state index in [2.05, 4.69) is 52.4 Å². The molecule has 1 nitrogen and oxygen atoms in total. The molecule has 0 aliphatic carbocycles. The molecule has 4 heteroatoms. The molecule has 0 aromatic carbocycles. The van der Waals surface area contributed by atoms with Crippen molar-refractivity contribution in [3.8, 4) is 0 Å². The van der Waals surface area contributed by atoms with Crippen molar-refractivity contribution in [2.75, 3.05) is 0 Å². The zero-order valence-corrected chi connectivity index (χ0v) is 14.7. The van der Waals surface area contributed by atoms with Crippen LogP contribution < -0.4 is 0 Å². The van der Waals surface area contributed by atoms with Crippen molar-refractivity contribution in [3.63, 3.8) is 0 Å². The smallest absolute Gasteiger partial charge is 0.172 e. The Morgan fingerprint density at radius 1 is 1.00 bits per heavy atom. The van der Waals surface area contributed by atoms with Crippen LogP contribution >= 0.6 is 0 Å². The summed E-state index contributed by atoms with van der Waals surface area (Å²) in [4.78, 5) is 0. The van der Waals surface area contributed by atoms with Crippen LogP contribution in [0.25, 0.3) is 0 Å². The van der Waals surface area contributed by atoms with Crippen molar-refractivity contribution in [2.45, 2.75) is 50.9 Å².